The van der Waals surface area contributed by atoms with Crippen molar-refractivity contribution in [3.05, 3.63) is 42.1 Å². The Bertz CT molecular complexity index is 1010. The first-order valence-corrected chi connectivity index (χ1v) is 6.82. The van der Waals surface area contributed by atoms with E-state index >= 15 is 0 Å². The maximum atomic E-state index is 14.2. The van der Waals surface area contributed by atoms with Gasteiger partial charge in [-0.2, -0.15) is 4.39 Å². The zero-order chi connectivity index (χ0) is 16.0. The Morgan fingerprint density at radius 1 is 1.26 bits per heavy atom. The molecular weight excluding hydrogens is 323 g/mol. The van der Waals surface area contributed by atoms with Crippen LogP contribution in [0.25, 0.3) is 28.4 Å². The fraction of sp³-hybridized carbons (Fsp3) is 0. The van der Waals surface area contributed by atoms with Crippen LogP contribution in [0.2, 0.25) is 5.15 Å². The number of nitrogens with one attached hydrogen (secondary N) is 1. The zero-order valence-corrected chi connectivity index (χ0v) is 12.2. The molecule has 0 radical (unpaired) electrons. The van der Waals surface area contributed by atoms with E-state index in [1.807, 2.05) is 0 Å². The van der Waals surface area contributed by atoms with Crippen molar-refractivity contribution < 1.29 is 4.39 Å². The third-order valence-corrected chi connectivity index (χ3v) is 3.38. The largest absolute Gasteiger partial charge is 0.381 e. The van der Waals surface area contributed by atoms with E-state index in [-0.39, 0.29) is 22.6 Å². The first-order chi connectivity index (χ1) is 11.1. The van der Waals surface area contributed by atoms with Gasteiger partial charge in [-0.15, -0.1) is 0 Å². The van der Waals surface area contributed by atoms with Crippen molar-refractivity contribution in [2.24, 2.45) is 0 Å². The third kappa shape index (κ3) is 2.18. The number of aromatic amines is 1. The number of nitrogens with two attached hydrogens (primary N) is 1. The molecule has 0 saturated carbocycles. The quantitative estimate of drug-likeness (QED) is 0.581. The minimum absolute atomic E-state index is 0.00524. The Labute approximate surface area is 133 Å². The molecule has 0 aliphatic carbocycles. The number of hydrogen-bond donors (Lipinski definition) is 2. The predicted molar refractivity (Wildman–Crippen MR) is 81.4 cm³/mol. The average Bonchev–Trinajstić information content (AvgIpc) is 3.19. The molecule has 0 aliphatic rings. The molecule has 4 aromatic rings. The number of imidazole rings is 1. The first kappa shape index (κ1) is 13.6. The lowest BCUT2D eigenvalue weighted by Crippen LogP contribution is -2.07. The normalized spacial score (nSPS) is 11.2. The van der Waals surface area contributed by atoms with Gasteiger partial charge in [0.1, 0.15) is 17.0 Å². The highest BCUT2D eigenvalue weighted by molar-refractivity contribution is 6.29. The highest BCUT2D eigenvalue weighted by Crippen LogP contribution is 2.27. The molecule has 0 spiro atoms. The molecule has 114 valence electrons. The summed E-state index contributed by atoms with van der Waals surface area (Å²) < 4.78 is 15.6. The Balaban J connectivity index is 1.97. The number of fused-ring (bicyclic) bond motifs is 1. The van der Waals surface area contributed by atoms with Crippen molar-refractivity contribution >= 4 is 28.6 Å². The SMILES string of the molecule is Nc1nc(-c2c[nH]c3ncc(Cl)nc23)nc(-n2ccnc2)c1F. The van der Waals surface area contributed by atoms with Crippen LogP contribution in [-0.4, -0.2) is 34.5 Å². The van der Waals surface area contributed by atoms with Crippen molar-refractivity contribution in [2.45, 2.75) is 0 Å². The van der Waals surface area contributed by atoms with Gasteiger partial charge in [-0.1, -0.05) is 11.6 Å². The van der Waals surface area contributed by atoms with Gasteiger partial charge in [-0.3, -0.25) is 4.57 Å². The van der Waals surface area contributed by atoms with E-state index in [1.165, 1.54) is 23.3 Å². The maximum absolute atomic E-state index is 14.2. The Kier molecular flexibility index (Phi) is 2.95. The number of nitrogens with zero attached hydrogens (tertiary/aromatic N) is 6. The summed E-state index contributed by atoms with van der Waals surface area (Å²) in [5.41, 5.74) is 7.18. The Morgan fingerprint density at radius 3 is 2.91 bits per heavy atom. The van der Waals surface area contributed by atoms with Crippen LogP contribution in [0.5, 0.6) is 0 Å². The van der Waals surface area contributed by atoms with Crippen LogP contribution in [-0.2, 0) is 0 Å². The summed E-state index contributed by atoms with van der Waals surface area (Å²) in [5, 5.41) is 0.225. The van der Waals surface area contributed by atoms with Crippen LogP contribution in [0.15, 0.2) is 31.1 Å². The number of anilines is 1. The molecule has 0 bridgehead atoms. The number of rotatable bonds is 2. The summed E-state index contributed by atoms with van der Waals surface area (Å²) in [6.45, 7) is 0. The Hall–Kier alpha value is -3.07. The summed E-state index contributed by atoms with van der Waals surface area (Å²) in [6.07, 6.45) is 7.52. The standard InChI is InChI=1S/C13H8ClFN8/c14-7-4-19-12-9(20-7)6(3-18-12)11-21-10(16)8(15)13(22-11)23-2-1-17-5-23/h1-5H,(H,18,19)(H2,16,21,22). The second-order valence-electron chi connectivity index (χ2n) is 4.63. The molecule has 0 unspecified atom stereocenters. The van der Waals surface area contributed by atoms with Crippen molar-refractivity contribution in [3.63, 3.8) is 0 Å². The first-order valence-electron chi connectivity index (χ1n) is 6.45. The van der Waals surface area contributed by atoms with E-state index in [9.17, 15) is 4.39 Å². The number of nitrogen functional groups attached to an aromatic ring is 1. The molecule has 4 aromatic heterocycles. The molecule has 0 fully saturated rings. The maximum Gasteiger partial charge on any atom is 0.208 e. The van der Waals surface area contributed by atoms with Crippen LogP contribution in [0.3, 0.4) is 0 Å². The summed E-state index contributed by atoms with van der Waals surface area (Å²) in [6, 6.07) is 0. The number of hydrogen-bond acceptors (Lipinski definition) is 6. The molecular formula is C13H8ClFN8. The van der Waals surface area contributed by atoms with Crippen LogP contribution < -0.4 is 5.73 Å². The topological polar surface area (TPSA) is 111 Å². The average molecular weight is 331 g/mol. The lowest BCUT2D eigenvalue weighted by atomic mass is 10.2. The molecule has 0 amide bonds. The lowest BCUT2D eigenvalue weighted by molar-refractivity contribution is 0.608. The van der Waals surface area contributed by atoms with Crippen molar-refractivity contribution in [3.8, 4) is 17.2 Å². The molecule has 4 rings (SSSR count). The number of aromatic nitrogens is 7. The minimum Gasteiger partial charge on any atom is -0.381 e. The van der Waals surface area contributed by atoms with E-state index in [2.05, 4.69) is 29.9 Å². The summed E-state index contributed by atoms with van der Waals surface area (Å²) in [4.78, 5) is 23.3. The second-order valence-corrected chi connectivity index (χ2v) is 5.02. The summed E-state index contributed by atoms with van der Waals surface area (Å²) >= 11 is 5.88. The zero-order valence-electron chi connectivity index (χ0n) is 11.4. The highest BCUT2D eigenvalue weighted by Gasteiger charge is 2.18. The molecule has 0 atom stereocenters. The lowest BCUT2D eigenvalue weighted by Gasteiger charge is -2.07. The summed E-state index contributed by atoms with van der Waals surface area (Å²) in [5.74, 6) is -0.802. The van der Waals surface area contributed by atoms with E-state index in [0.717, 1.165) is 0 Å². The van der Waals surface area contributed by atoms with Crippen LogP contribution >= 0.6 is 11.6 Å². The van der Waals surface area contributed by atoms with E-state index in [1.54, 1.807) is 12.4 Å². The van der Waals surface area contributed by atoms with Crippen LogP contribution in [0.1, 0.15) is 0 Å². The Morgan fingerprint density at radius 2 is 2.13 bits per heavy atom. The van der Waals surface area contributed by atoms with Crippen molar-refractivity contribution in [1.82, 2.24) is 34.5 Å². The van der Waals surface area contributed by atoms with Crippen LogP contribution in [0.4, 0.5) is 10.2 Å². The van der Waals surface area contributed by atoms with Gasteiger partial charge in [-0.05, 0) is 0 Å². The third-order valence-electron chi connectivity index (χ3n) is 3.20. The molecule has 0 aromatic carbocycles. The van der Waals surface area contributed by atoms with Gasteiger partial charge in [0.05, 0.1) is 11.8 Å². The van der Waals surface area contributed by atoms with Gasteiger partial charge in [0.25, 0.3) is 0 Å². The van der Waals surface area contributed by atoms with Gasteiger partial charge < -0.3 is 10.7 Å². The molecule has 10 heteroatoms. The van der Waals surface area contributed by atoms with Crippen molar-refractivity contribution in [2.75, 3.05) is 5.73 Å². The fourth-order valence-electron chi connectivity index (χ4n) is 2.17. The van der Waals surface area contributed by atoms with Gasteiger partial charge in [0, 0.05) is 18.6 Å². The predicted octanol–water partition coefficient (Wildman–Crippen LogP) is 1.98. The van der Waals surface area contributed by atoms with Crippen molar-refractivity contribution in [1.29, 1.82) is 0 Å². The molecule has 0 saturated heterocycles. The fourth-order valence-corrected chi connectivity index (χ4v) is 2.30. The highest BCUT2D eigenvalue weighted by atomic mass is 35.5. The monoisotopic (exact) mass is 330 g/mol. The number of halogens is 2. The molecule has 8 nitrogen and oxygen atoms in total. The molecule has 4 heterocycles. The van der Waals surface area contributed by atoms with Gasteiger partial charge in [-0.25, -0.2) is 24.9 Å². The molecule has 23 heavy (non-hydrogen) atoms. The van der Waals surface area contributed by atoms with Crippen LogP contribution in [0, 0.1) is 5.82 Å². The van der Waals surface area contributed by atoms with Gasteiger partial charge in [0.2, 0.25) is 5.82 Å². The smallest absolute Gasteiger partial charge is 0.208 e. The minimum atomic E-state index is -0.726. The number of H-pyrrole nitrogens is 1. The van der Waals surface area contributed by atoms with E-state index in [0.29, 0.717) is 16.7 Å². The van der Waals surface area contributed by atoms with E-state index in [4.69, 9.17) is 17.3 Å². The second kappa shape index (κ2) is 4.99. The van der Waals surface area contributed by atoms with Gasteiger partial charge >= 0.3 is 0 Å². The molecule has 3 N–H and O–H groups in total. The summed E-state index contributed by atoms with van der Waals surface area (Å²) in [7, 11) is 0. The molecule has 0 aliphatic heterocycles. The van der Waals surface area contributed by atoms with Gasteiger partial charge in [0.15, 0.2) is 23.1 Å². The van der Waals surface area contributed by atoms with E-state index < -0.39 is 5.82 Å².